The summed E-state index contributed by atoms with van der Waals surface area (Å²) in [5.41, 5.74) is 1.01. The molecule has 1 aromatic carbocycles. The van der Waals surface area contributed by atoms with Crippen molar-refractivity contribution in [3.05, 3.63) is 22.2 Å². The highest BCUT2D eigenvalue weighted by atomic mass is 32.1. The third-order valence-corrected chi connectivity index (χ3v) is 5.30. The Morgan fingerprint density at radius 3 is 2.64 bits per heavy atom. The van der Waals surface area contributed by atoms with Gasteiger partial charge in [0.15, 0.2) is 5.52 Å². The molecule has 0 atom stereocenters. The second-order valence-electron chi connectivity index (χ2n) is 6.73. The molecule has 0 bridgehead atoms. The summed E-state index contributed by atoms with van der Waals surface area (Å²) in [6.07, 6.45) is 3.21. The van der Waals surface area contributed by atoms with Crippen LogP contribution in [0.1, 0.15) is 25.7 Å². The van der Waals surface area contributed by atoms with Gasteiger partial charge in [0.05, 0.1) is 10.6 Å². The number of amides is 1. The van der Waals surface area contributed by atoms with Crippen molar-refractivity contribution >= 4 is 40.9 Å². The van der Waals surface area contributed by atoms with Gasteiger partial charge in [-0.3, -0.25) is 19.8 Å². The molecule has 0 spiro atoms. The van der Waals surface area contributed by atoms with E-state index in [1.54, 1.807) is 6.07 Å². The van der Waals surface area contributed by atoms with Gasteiger partial charge in [-0.15, -0.1) is 0 Å². The molecule has 1 aliphatic heterocycles. The lowest BCUT2D eigenvalue weighted by atomic mass is 10.1. The number of thiol groups is 1. The van der Waals surface area contributed by atoms with Crippen LogP contribution in [0.25, 0.3) is 11.0 Å². The number of nitro benzene ring substituents is 1. The van der Waals surface area contributed by atoms with Gasteiger partial charge in [-0.1, -0.05) is 6.42 Å². The quantitative estimate of drug-likeness (QED) is 0.280. The Morgan fingerprint density at radius 2 is 1.93 bits per heavy atom. The molecule has 1 aliphatic rings. The number of benzene rings is 1. The van der Waals surface area contributed by atoms with E-state index in [-0.39, 0.29) is 17.1 Å². The summed E-state index contributed by atoms with van der Waals surface area (Å²) in [6, 6.07) is 3.00. The fourth-order valence-corrected chi connectivity index (χ4v) is 3.52. The topological polar surface area (TPSA) is 118 Å². The molecule has 0 aliphatic carbocycles. The van der Waals surface area contributed by atoms with E-state index in [0.717, 1.165) is 51.3 Å². The second kappa shape index (κ2) is 9.69. The smallest absolute Gasteiger partial charge is 0.300 e. The second-order valence-corrected chi connectivity index (χ2v) is 7.01. The summed E-state index contributed by atoms with van der Waals surface area (Å²) < 4.78 is 4.65. The average Bonchev–Trinajstić information content (AvgIpc) is 3.20. The number of nitrogens with zero attached hydrogens (tertiary/aromatic N) is 5. The molecule has 1 aromatic heterocycles. The van der Waals surface area contributed by atoms with Crippen LogP contribution in [0.5, 0.6) is 0 Å². The van der Waals surface area contributed by atoms with Crippen molar-refractivity contribution in [1.82, 2.24) is 20.1 Å². The number of hydrogen-bond acceptors (Lipinski definition) is 9. The van der Waals surface area contributed by atoms with E-state index in [2.05, 4.69) is 37.8 Å². The van der Waals surface area contributed by atoms with Crippen molar-refractivity contribution in [2.45, 2.75) is 25.7 Å². The number of rotatable bonds is 9. The molecule has 1 amide bonds. The molecule has 152 valence electrons. The maximum atomic E-state index is 12.2. The normalized spacial score (nSPS) is 15.1. The fraction of sp³-hybridized carbons (Fsp3) is 0.588. The summed E-state index contributed by atoms with van der Waals surface area (Å²) in [7, 11) is 0. The zero-order chi connectivity index (χ0) is 19.9. The highest BCUT2D eigenvalue weighted by Gasteiger charge is 2.20. The Balaban J connectivity index is 1.37. The SMILES string of the molecule is O=C(CCCCCNc1ccc([N+](=O)[O-])c2nonc12)N1CCN(CS)CC1. The van der Waals surface area contributed by atoms with Gasteiger partial charge in [0, 0.05) is 51.1 Å². The number of unbranched alkanes of at least 4 members (excludes halogenated alkanes) is 2. The number of hydrogen-bond donors (Lipinski definition) is 2. The first kappa shape index (κ1) is 20.3. The van der Waals surface area contributed by atoms with Gasteiger partial charge in [0.2, 0.25) is 11.4 Å². The van der Waals surface area contributed by atoms with Crippen LogP contribution in [-0.4, -0.2) is 69.5 Å². The lowest BCUT2D eigenvalue weighted by Gasteiger charge is -2.33. The molecule has 1 fully saturated rings. The lowest BCUT2D eigenvalue weighted by Crippen LogP contribution is -2.48. The minimum Gasteiger partial charge on any atom is -0.383 e. The highest BCUT2D eigenvalue weighted by Crippen LogP contribution is 2.28. The van der Waals surface area contributed by atoms with Crippen LogP contribution in [0.2, 0.25) is 0 Å². The largest absolute Gasteiger partial charge is 0.383 e. The molecular formula is C17H24N6O4S. The number of aromatic nitrogens is 2. The van der Waals surface area contributed by atoms with Crippen molar-refractivity contribution in [3.8, 4) is 0 Å². The van der Waals surface area contributed by atoms with Crippen molar-refractivity contribution in [2.75, 3.05) is 43.9 Å². The first-order chi connectivity index (χ1) is 13.6. The summed E-state index contributed by atoms with van der Waals surface area (Å²) >= 11 is 4.26. The number of carbonyl (C=O) groups is 1. The molecule has 28 heavy (non-hydrogen) atoms. The Morgan fingerprint density at radius 1 is 1.18 bits per heavy atom. The average molecular weight is 408 g/mol. The predicted octanol–water partition coefficient (Wildman–Crippen LogP) is 2.13. The number of non-ortho nitro benzene ring substituents is 1. The Kier molecular flexibility index (Phi) is 7.04. The lowest BCUT2D eigenvalue weighted by molar-refractivity contribution is -0.383. The number of anilines is 1. The van der Waals surface area contributed by atoms with Gasteiger partial charge in [-0.25, -0.2) is 4.63 Å². The van der Waals surface area contributed by atoms with E-state index in [9.17, 15) is 14.9 Å². The van der Waals surface area contributed by atoms with Crippen molar-refractivity contribution in [3.63, 3.8) is 0 Å². The van der Waals surface area contributed by atoms with Gasteiger partial charge in [-0.2, -0.15) is 12.6 Å². The van der Waals surface area contributed by atoms with Crippen molar-refractivity contribution in [2.24, 2.45) is 0 Å². The molecule has 3 rings (SSSR count). The van der Waals surface area contributed by atoms with E-state index in [1.807, 2.05) is 4.90 Å². The molecule has 10 nitrogen and oxygen atoms in total. The Bertz CT molecular complexity index is 821. The van der Waals surface area contributed by atoms with Gasteiger partial charge in [0.1, 0.15) is 0 Å². The first-order valence-corrected chi connectivity index (χ1v) is 9.98. The van der Waals surface area contributed by atoms with Crippen LogP contribution in [0, 0.1) is 10.1 Å². The zero-order valence-corrected chi connectivity index (χ0v) is 16.4. The van der Waals surface area contributed by atoms with Crippen molar-refractivity contribution < 1.29 is 14.3 Å². The van der Waals surface area contributed by atoms with Crippen LogP contribution < -0.4 is 5.32 Å². The van der Waals surface area contributed by atoms with Gasteiger partial charge < -0.3 is 10.2 Å². The number of piperazine rings is 1. The molecule has 0 unspecified atom stereocenters. The van der Waals surface area contributed by atoms with Crippen LogP contribution in [0.3, 0.4) is 0 Å². The van der Waals surface area contributed by atoms with Gasteiger partial charge >= 0.3 is 5.69 Å². The van der Waals surface area contributed by atoms with Crippen LogP contribution in [0.15, 0.2) is 16.8 Å². The molecule has 2 heterocycles. The summed E-state index contributed by atoms with van der Waals surface area (Å²) in [5.74, 6) is 0.957. The molecule has 0 radical (unpaired) electrons. The Hall–Kier alpha value is -2.40. The monoisotopic (exact) mass is 408 g/mol. The highest BCUT2D eigenvalue weighted by molar-refractivity contribution is 7.80. The number of nitrogens with one attached hydrogen (secondary N) is 1. The van der Waals surface area contributed by atoms with Crippen LogP contribution in [-0.2, 0) is 4.79 Å². The summed E-state index contributed by atoms with van der Waals surface area (Å²) in [5, 5.41) is 21.6. The standard InChI is InChI=1S/C17H24N6O4S/c24-15(22-10-8-21(12-28)9-11-22)4-2-1-3-7-18-13-5-6-14(23(25)26)17-16(13)19-27-20-17/h5-6,18,28H,1-4,7-12H2. The molecule has 0 saturated carbocycles. The van der Waals surface area contributed by atoms with E-state index in [1.165, 1.54) is 6.07 Å². The maximum absolute atomic E-state index is 12.2. The molecule has 1 saturated heterocycles. The molecule has 2 aromatic rings. The fourth-order valence-electron chi connectivity index (χ4n) is 3.24. The third-order valence-electron chi connectivity index (χ3n) is 4.90. The molecule has 11 heteroatoms. The first-order valence-electron chi connectivity index (χ1n) is 9.34. The van der Waals surface area contributed by atoms with Crippen LogP contribution in [0.4, 0.5) is 11.4 Å². The third kappa shape index (κ3) is 4.90. The predicted molar refractivity (Wildman–Crippen MR) is 107 cm³/mol. The maximum Gasteiger partial charge on any atom is 0.300 e. The number of fused-ring (bicyclic) bond motifs is 1. The number of nitro groups is 1. The minimum absolute atomic E-state index is 0.129. The summed E-state index contributed by atoms with van der Waals surface area (Å²) in [6.45, 7) is 4.01. The molecular weight excluding hydrogens is 384 g/mol. The van der Waals surface area contributed by atoms with E-state index >= 15 is 0 Å². The van der Waals surface area contributed by atoms with Crippen molar-refractivity contribution in [1.29, 1.82) is 0 Å². The molecule has 1 N–H and O–H groups in total. The minimum atomic E-state index is -0.508. The van der Waals surface area contributed by atoms with E-state index in [4.69, 9.17) is 0 Å². The number of carbonyl (C=O) groups excluding carboxylic acids is 1. The van der Waals surface area contributed by atoms with Gasteiger partial charge in [-0.05, 0) is 29.2 Å². The summed E-state index contributed by atoms with van der Waals surface area (Å²) in [4.78, 5) is 26.9. The van der Waals surface area contributed by atoms with E-state index < -0.39 is 4.92 Å². The Labute approximate surface area is 167 Å². The van der Waals surface area contributed by atoms with Gasteiger partial charge in [0.25, 0.3) is 0 Å². The van der Waals surface area contributed by atoms with E-state index in [0.29, 0.717) is 24.2 Å². The zero-order valence-electron chi connectivity index (χ0n) is 15.5. The van der Waals surface area contributed by atoms with Crippen LogP contribution >= 0.6 is 12.6 Å².